The molecule has 0 spiro atoms. The van der Waals surface area contributed by atoms with E-state index in [4.69, 9.17) is 28.3 Å². The van der Waals surface area contributed by atoms with Crippen molar-refractivity contribution in [3.05, 3.63) is 58.8 Å². The highest BCUT2D eigenvalue weighted by Gasteiger charge is 2.12. The second-order valence-electron chi connectivity index (χ2n) is 5.87. The van der Waals surface area contributed by atoms with Gasteiger partial charge in [0.1, 0.15) is 11.0 Å². The lowest BCUT2D eigenvalue weighted by atomic mass is 10.3. The molecular weight excluding hydrogens is 455 g/mol. The van der Waals surface area contributed by atoms with Crippen LogP contribution in [0.4, 0.5) is 22.3 Å². The minimum atomic E-state index is -3.74. The Balaban J connectivity index is 1.62. The smallest absolute Gasteiger partial charge is 0.238 e. The zero-order valence-corrected chi connectivity index (χ0v) is 17.6. The van der Waals surface area contributed by atoms with Crippen molar-refractivity contribution in [2.75, 3.05) is 10.6 Å². The predicted octanol–water partition coefficient (Wildman–Crippen LogP) is 4.53. The van der Waals surface area contributed by atoms with Crippen LogP contribution in [0.1, 0.15) is 0 Å². The average Bonchev–Trinajstić information content (AvgIpc) is 3.04. The topological polar surface area (TPSA) is 123 Å². The summed E-state index contributed by atoms with van der Waals surface area (Å²) in [5.41, 5.74) is 1.84. The van der Waals surface area contributed by atoms with Gasteiger partial charge < -0.3 is 10.6 Å². The predicted molar refractivity (Wildman–Crippen MR) is 116 cm³/mol. The van der Waals surface area contributed by atoms with Crippen molar-refractivity contribution in [2.45, 2.75) is 4.90 Å². The van der Waals surface area contributed by atoms with Gasteiger partial charge in [0.25, 0.3) is 0 Å². The van der Waals surface area contributed by atoms with Gasteiger partial charge >= 0.3 is 0 Å². The van der Waals surface area contributed by atoms with E-state index < -0.39 is 10.0 Å². The summed E-state index contributed by atoms with van der Waals surface area (Å²) in [5, 5.41) is 13.0. The molecule has 2 aromatic heterocycles. The Hall–Kier alpha value is -2.50. The van der Waals surface area contributed by atoms with E-state index in [1.807, 2.05) is 0 Å². The van der Waals surface area contributed by atoms with Crippen LogP contribution in [0.5, 0.6) is 0 Å². The summed E-state index contributed by atoms with van der Waals surface area (Å²) >= 11 is 13.4. The van der Waals surface area contributed by atoms with Crippen LogP contribution in [0.15, 0.2) is 53.7 Å². The summed E-state index contributed by atoms with van der Waals surface area (Å²) in [6, 6.07) is 11.1. The van der Waals surface area contributed by atoms with Crippen LogP contribution in [-0.4, -0.2) is 23.4 Å². The Bertz CT molecular complexity index is 1290. The molecule has 4 rings (SSSR count). The first-order valence-corrected chi connectivity index (χ1v) is 11.1. The molecule has 0 aliphatic heterocycles. The number of primary sulfonamides is 1. The van der Waals surface area contributed by atoms with E-state index in [1.165, 1.54) is 29.8 Å². The third-order valence-corrected chi connectivity index (χ3v) is 6.08. The fourth-order valence-corrected chi connectivity index (χ4v) is 4.44. The summed E-state index contributed by atoms with van der Waals surface area (Å²) in [6.45, 7) is 0. The van der Waals surface area contributed by atoms with Crippen molar-refractivity contribution in [3.63, 3.8) is 0 Å². The second-order valence-corrected chi connectivity index (χ2v) is 9.30. The number of hydrogen-bond acceptors (Lipinski definition) is 8. The Kier molecular flexibility index (Phi) is 5.28. The normalized spacial score (nSPS) is 11.6. The van der Waals surface area contributed by atoms with Gasteiger partial charge in [-0.25, -0.2) is 23.5 Å². The quantitative estimate of drug-likeness (QED) is 0.394. The number of anilines is 4. The maximum Gasteiger partial charge on any atom is 0.238 e. The standard InChI is InChI=1S/C17H12Cl2N6O2S2/c18-9-5-10(19)7-12(6-9)23-15-14-16(22-8-21-15)25-17(28-14)24-11-1-3-13(4-2-11)29(20,26)27/h1-8H,(H2,20,26,27)(H2,21,22,23,24,25). The molecule has 2 heterocycles. The second kappa shape index (κ2) is 7.73. The number of nitrogens with zero attached hydrogens (tertiary/aromatic N) is 3. The van der Waals surface area contributed by atoms with E-state index in [0.717, 1.165) is 4.70 Å². The first-order valence-electron chi connectivity index (χ1n) is 8.02. The number of sulfonamides is 1. The maximum atomic E-state index is 11.4. The summed E-state index contributed by atoms with van der Waals surface area (Å²) in [5.74, 6) is 0.559. The molecular formula is C17H12Cl2N6O2S2. The zero-order valence-electron chi connectivity index (χ0n) is 14.4. The molecule has 2 aromatic carbocycles. The van der Waals surface area contributed by atoms with Crippen LogP contribution >= 0.6 is 34.5 Å². The average molecular weight is 467 g/mol. The van der Waals surface area contributed by atoms with E-state index >= 15 is 0 Å². The molecule has 8 nitrogen and oxygen atoms in total. The molecule has 0 amide bonds. The minimum Gasteiger partial charge on any atom is -0.339 e. The van der Waals surface area contributed by atoms with E-state index in [-0.39, 0.29) is 4.90 Å². The van der Waals surface area contributed by atoms with Crippen molar-refractivity contribution in [1.29, 1.82) is 0 Å². The SMILES string of the molecule is NS(=O)(=O)c1ccc(Nc2nc3ncnc(Nc4cc(Cl)cc(Cl)c4)c3s2)cc1. The molecule has 29 heavy (non-hydrogen) atoms. The lowest BCUT2D eigenvalue weighted by molar-refractivity contribution is 0.598. The number of nitrogens with two attached hydrogens (primary N) is 1. The third kappa shape index (κ3) is 4.57. The number of fused-ring (bicyclic) bond motifs is 1. The monoisotopic (exact) mass is 466 g/mol. The molecule has 0 fully saturated rings. The molecule has 0 bridgehead atoms. The van der Waals surface area contributed by atoms with Crippen LogP contribution in [0, 0.1) is 0 Å². The van der Waals surface area contributed by atoms with Crippen molar-refractivity contribution in [3.8, 4) is 0 Å². The Morgan fingerprint density at radius 3 is 2.28 bits per heavy atom. The summed E-state index contributed by atoms with van der Waals surface area (Å²) in [7, 11) is -3.74. The van der Waals surface area contributed by atoms with Crippen LogP contribution in [0.25, 0.3) is 10.3 Å². The van der Waals surface area contributed by atoms with Crippen LogP contribution in [-0.2, 0) is 10.0 Å². The van der Waals surface area contributed by atoms with Gasteiger partial charge in [-0.1, -0.05) is 34.5 Å². The molecule has 0 aliphatic rings. The number of halogens is 2. The lowest BCUT2D eigenvalue weighted by Gasteiger charge is -2.06. The highest BCUT2D eigenvalue weighted by molar-refractivity contribution is 7.89. The number of nitrogens with one attached hydrogen (secondary N) is 2. The molecule has 12 heteroatoms. The first-order chi connectivity index (χ1) is 13.8. The van der Waals surface area contributed by atoms with Crippen molar-refractivity contribution in [2.24, 2.45) is 5.14 Å². The highest BCUT2D eigenvalue weighted by atomic mass is 35.5. The zero-order chi connectivity index (χ0) is 20.6. The van der Waals surface area contributed by atoms with Gasteiger partial charge in [-0.05, 0) is 42.5 Å². The van der Waals surface area contributed by atoms with Crippen LogP contribution in [0.3, 0.4) is 0 Å². The molecule has 0 aliphatic carbocycles. The van der Waals surface area contributed by atoms with Gasteiger partial charge in [-0.2, -0.15) is 4.98 Å². The summed E-state index contributed by atoms with van der Waals surface area (Å²) in [6.07, 6.45) is 1.40. The Morgan fingerprint density at radius 1 is 0.931 bits per heavy atom. The number of thiazole rings is 1. The van der Waals surface area contributed by atoms with E-state index in [0.29, 0.717) is 38.0 Å². The molecule has 148 valence electrons. The number of hydrogen-bond donors (Lipinski definition) is 3. The summed E-state index contributed by atoms with van der Waals surface area (Å²) < 4.78 is 23.4. The van der Waals surface area contributed by atoms with E-state index in [2.05, 4.69) is 25.6 Å². The first kappa shape index (κ1) is 19.8. The molecule has 0 unspecified atom stereocenters. The van der Waals surface area contributed by atoms with Gasteiger partial charge in [0.2, 0.25) is 10.0 Å². The molecule has 0 saturated carbocycles. The van der Waals surface area contributed by atoms with E-state index in [9.17, 15) is 8.42 Å². The lowest BCUT2D eigenvalue weighted by Crippen LogP contribution is -2.11. The number of benzene rings is 2. The number of aromatic nitrogens is 3. The molecule has 4 aromatic rings. The van der Waals surface area contributed by atoms with E-state index in [1.54, 1.807) is 30.3 Å². The molecule has 0 saturated heterocycles. The molecule has 0 radical (unpaired) electrons. The van der Waals surface area contributed by atoms with Crippen molar-refractivity contribution >= 4 is 77.2 Å². The Morgan fingerprint density at radius 2 is 1.62 bits per heavy atom. The summed E-state index contributed by atoms with van der Waals surface area (Å²) in [4.78, 5) is 12.9. The Labute approximate surface area is 179 Å². The third-order valence-electron chi connectivity index (χ3n) is 3.75. The van der Waals surface area contributed by atoms with Gasteiger partial charge in [-0.3, -0.25) is 0 Å². The van der Waals surface area contributed by atoms with Crippen molar-refractivity contribution in [1.82, 2.24) is 15.0 Å². The van der Waals surface area contributed by atoms with Crippen LogP contribution in [0.2, 0.25) is 10.0 Å². The van der Waals surface area contributed by atoms with Gasteiger partial charge in [0, 0.05) is 21.4 Å². The highest BCUT2D eigenvalue weighted by Crippen LogP contribution is 2.33. The molecule has 0 atom stereocenters. The minimum absolute atomic E-state index is 0.0323. The van der Waals surface area contributed by atoms with Gasteiger partial charge in [-0.15, -0.1) is 0 Å². The maximum absolute atomic E-state index is 11.4. The van der Waals surface area contributed by atoms with Gasteiger partial charge in [0.15, 0.2) is 16.6 Å². The van der Waals surface area contributed by atoms with Crippen molar-refractivity contribution < 1.29 is 8.42 Å². The molecule has 4 N–H and O–H groups in total. The fraction of sp³-hybridized carbons (Fsp3) is 0. The fourth-order valence-electron chi connectivity index (χ4n) is 2.51. The number of rotatable bonds is 5. The van der Waals surface area contributed by atoms with Gasteiger partial charge in [0.05, 0.1) is 4.90 Å². The van der Waals surface area contributed by atoms with Crippen LogP contribution < -0.4 is 15.8 Å². The largest absolute Gasteiger partial charge is 0.339 e.